The zero-order chi connectivity index (χ0) is 16.3. The first-order valence-electron chi connectivity index (χ1n) is 8.74. The first kappa shape index (κ1) is 18.4. The van der Waals surface area contributed by atoms with Crippen LogP contribution in [0.3, 0.4) is 0 Å². The van der Waals surface area contributed by atoms with Crippen LogP contribution in [0.4, 0.5) is 0 Å². The van der Waals surface area contributed by atoms with Crippen molar-refractivity contribution in [3.8, 4) is 0 Å². The van der Waals surface area contributed by atoms with Crippen LogP contribution >= 0.6 is 0 Å². The fourth-order valence-electron chi connectivity index (χ4n) is 2.51. The molecule has 1 saturated heterocycles. The minimum atomic E-state index is -0.0214. The second-order valence-electron chi connectivity index (χ2n) is 6.21. The minimum absolute atomic E-state index is 0.0214. The quantitative estimate of drug-likeness (QED) is 0.612. The highest BCUT2D eigenvalue weighted by Gasteiger charge is 2.17. The minimum Gasteiger partial charge on any atom is -0.379 e. The third kappa shape index (κ3) is 7.93. The van der Waals surface area contributed by atoms with E-state index >= 15 is 0 Å². The zero-order valence-electron chi connectivity index (χ0n) is 14.4. The summed E-state index contributed by atoms with van der Waals surface area (Å²) in [6, 6.07) is 10.2. The van der Waals surface area contributed by atoms with Crippen LogP contribution in [0.2, 0.25) is 0 Å². The fraction of sp³-hybridized carbons (Fsp3) is 0.684. The molecule has 1 heterocycles. The van der Waals surface area contributed by atoms with Crippen molar-refractivity contribution >= 4 is 0 Å². The molecular weight excluding hydrogens is 292 g/mol. The van der Waals surface area contributed by atoms with E-state index in [-0.39, 0.29) is 18.5 Å². The highest BCUT2D eigenvalue weighted by Crippen LogP contribution is 2.16. The molecule has 1 aliphatic rings. The van der Waals surface area contributed by atoms with Gasteiger partial charge in [0.25, 0.3) is 0 Å². The smallest absolute Gasteiger partial charge is 0.157 e. The molecular formula is C19H30O4. The van der Waals surface area contributed by atoms with Crippen molar-refractivity contribution in [2.24, 2.45) is 0 Å². The summed E-state index contributed by atoms with van der Waals surface area (Å²) in [5.41, 5.74) is 1.19. The topological polar surface area (TPSA) is 36.9 Å². The average molecular weight is 322 g/mol. The van der Waals surface area contributed by atoms with Gasteiger partial charge >= 0.3 is 0 Å². The number of hydrogen-bond acceptors (Lipinski definition) is 4. The Kier molecular flexibility index (Phi) is 8.61. The predicted octanol–water partition coefficient (Wildman–Crippen LogP) is 3.93. The summed E-state index contributed by atoms with van der Waals surface area (Å²) in [5.74, 6) is 0. The highest BCUT2D eigenvalue weighted by molar-refractivity contribution is 5.13. The maximum atomic E-state index is 5.87. The average Bonchev–Trinajstić information content (AvgIpc) is 2.59. The second kappa shape index (κ2) is 10.8. The summed E-state index contributed by atoms with van der Waals surface area (Å²) in [6.07, 6.45) is 4.47. The summed E-state index contributed by atoms with van der Waals surface area (Å²) in [7, 11) is 0. The number of benzene rings is 1. The van der Waals surface area contributed by atoms with Gasteiger partial charge in [-0.15, -0.1) is 0 Å². The van der Waals surface area contributed by atoms with E-state index in [0.717, 1.165) is 25.9 Å². The van der Waals surface area contributed by atoms with Crippen molar-refractivity contribution in [2.75, 3.05) is 19.8 Å². The van der Waals surface area contributed by atoms with Gasteiger partial charge in [0.15, 0.2) is 6.29 Å². The Morgan fingerprint density at radius 3 is 2.70 bits per heavy atom. The Bertz CT molecular complexity index is 403. The molecule has 0 bridgehead atoms. The van der Waals surface area contributed by atoms with Crippen LogP contribution in [-0.4, -0.2) is 38.3 Å². The molecule has 0 saturated carbocycles. The van der Waals surface area contributed by atoms with E-state index in [1.165, 1.54) is 12.0 Å². The lowest BCUT2D eigenvalue weighted by atomic mass is 10.2. The lowest BCUT2D eigenvalue weighted by Gasteiger charge is -2.26. The second-order valence-corrected chi connectivity index (χ2v) is 6.21. The van der Waals surface area contributed by atoms with Gasteiger partial charge in [0.1, 0.15) is 0 Å². The van der Waals surface area contributed by atoms with E-state index in [0.29, 0.717) is 19.8 Å². The van der Waals surface area contributed by atoms with Crippen LogP contribution in [-0.2, 0) is 25.6 Å². The first-order valence-corrected chi connectivity index (χ1v) is 8.74. The molecule has 1 fully saturated rings. The van der Waals surface area contributed by atoms with Crippen molar-refractivity contribution in [1.82, 2.24) is 0 Å². The van der Waals surface area contributed by atoms with Gasteiger partial charge in [-0.1, -0.05) is 30.3 Å². The first-order chi connectivity index (χ1) is 11.2. The van der Waals surface area contributed by atoms with Gasteiger partial charge < -0.3 is 18.9 Å². The maximum absolute atomic E-state index is 5.87. The molecule has 0 aromatic heterocycles. The summed E-state index contributed by atoms with van der Waals surface area (Å²) >= 11 is 0. The summed E-state index contributed by atoms with van der Waals surface area (Å²) in [5, 5.41) is 0. The molecule has 0 N–H and O–H groups in total. The van der Waals surface area contributed by atoms with Gasteiger partial charge in [-0.2, -0.15) is 0 Å². The van der Waals surface area contributed by atoms with Gasteiger partial charge in [0, 0.05) is 13.2 Å². The van der Waals surface area contributed by atoms with Gasteiger partial charge in [0.2, 0.25) is 0 Å². The monoisotopic (exact) mass is 322 g/mol. The number of hydrogen-bond donors (Lipinski definition) is 0. The molecule has 4 nitrogen and oxygen atoms in total. The van der Waals surface area contributed by atoms with Crippen molar-refractivity contribution in [2.45, 2.75) is 64.6 Å². The summed E-state index contributed by atoms with van der Waals surface area (Å²) < 4.78 is 22.9. The van der Waals surface area contributed by atoms with E-state index in [2.05, 4.69) is 19.1 Å². The Morgan fingerprint density at radius 1 is 1.13 bits per heavy atom. The molecule has 0 aliphatic carbocycles. The molecule has 3 atom stereocenters. The standard InChI is InChI=1S/C19H30O4/c1-16(23-19-10-6-7-12-21-19)11-13-20-14-17(2)22-15-18-8-4-3-5-9-18/h3-5,8-9,16-17,19H,6-7,10-15H2,1-2H3/t16-,17-,19-/m1/s1. The fourth-order valence-corrected chi connectivity index (χ4v) is 2.51. The van der Waals surface area contributed by atoms with E-state index < -0.39 is 0 Å². The molecule has 0 radical (unpaired) electrons. The molecule has 130 valence electrons. The van der Waals surface area contributed by atoms with E-state index in [1.54, 1.807) is 0 Å². The molecule has 0 unspecified atom stereocenters. The SMILES string of the molecule is C[C@H](COCC[C@@H](C)O[C@@H]1CCCCO1)OCc1ccccc1. The third-order valence-electron chi connectivity index (χ3n) is 3.92. The Balaban J connectivity index is 1.49. The maximum Gasteiger partial charge on any atom is 0.157 e. The summed E-state index contributed by atoms with van der Waals surface area (Å²) in [4.78, 5) is 0. The molecule has 2 rings (SSSR count). The molecule has 1 aliphatic heterocycles. The van der Waals surface area contributed by atoms with Gasteiger partial charge in [-0.25, -0.2) is 0 Å². The van der Waals surface area contributed by atoms with Crippen LogP contribution in [0.25, 0.3) is 0 Å². The Labute approximate surface area is 140 Å². The molecule has 4 heteroatoms. The molecule has 1 aromatic rings. The van der Waals surface area contributed by atoms with Gasteiger partial charge in [-0.05, 0) is 45.1 Å². The third-order valence-corrected chi connectivity index (χ3v) is 3.92. The normalized spacial score (nSPS) is 21.0. The lowest BCUT2D eigenvalue weighted by molar-refractivity contribution is -0.187. The molecule has 0 spiro atoms. The zero-order valence-corrected chi connectivity index (χ0v) is 14.4. The van der Waals surface area contributed by atoms with E-state index in [9.17, 15) is 0 Å². The van der Waals surface area contributed by atoms with Crippen molar-refractivity contribution in [3.05, 3.63) is 35.9 Å². The Hall–Kier alpha value is -0.940. The molecule has 23 heavy (non-hydrogen) atoms. The van der Waals surface area contributed by atoms with E-state index in [1.807, 2.05) is 25.1 Å². The van der Waals surface area contributed by atoms with Crippen LogP contribution in [0.5, 0.6) is 0 Å². The Morgan fingerprint density at radius 2 is 1.96 bits per heavy atom. The summed E-state index contributed by atoms with van der Waals surface area (Å²) in [6.45, 7) is 6.87. The largest absolute Gasteiger partial charge is 0.379 e. The van der Waals surface area contributed by atoms with Crippen LogP contribution in [0.1, 0.15) is 45.1 Å². The van der Waals surface area contributed by atoms with Crippen molar-refractivity contribution in [1.29, 1.82) is 0 Å². The molecule has 0 amide bonds. The number of ether oxygens (including phenoxy) is 4. The lowest BCUT2D eigenvalue weighted by Crippen LogP contribution is -2.27. The predicted molar refractivity (Wildman–Crippen MR) is 90.3 cm³/mol. The van der Waals surface area contributed by atoms with E-state index in [4.69, 9.17) is 18.9 Å². The molecule has 1 aromatic carbocycles. The number of rotatable bonds is 10. The van der Waals surface area contributed by atoms with Crippen LogP contribution in [0, 0.1) is 0 Å². The van der Waals surface area contributed by atoms with Gasteiger partial charge in [-0.3, -0.25) is 0 Å². The van der Waals surface area contributed by atoms with Gasteiger partial charge in [0.05, 0.1) is 25.4 Å². The van der Waals surface area contributed by atoms with Crippen LogP contribution < -0.4 is 0 Å². The highest BCUT2D eigenvalue weighted by atomic mass is 16.7. The van der Waals surface area contributed by atoms with Crippen molar-refractivity contribution < 1.29 is 18.9 Å². The van der Waals surface area contributed by atoms with Crippen LogP contribution in [0.15, 0.2) is 30.3 Å². The van der Waals surface area contributed by atoms with Crippen molar-refractivity contribution in [3.63, 3.8) is 0 Å².